The van der Waals surface area contributed by atoms with Crippen LogP contribution in [-0.4, -0.2) is 0 Å². The molecule has 12 aromatic rings. The van der Waals surface area contributed by atoms with Gasteiger partial charge in [-0.2, -0.15) is 0 Å². The van der Waals surface area contributed by atoms with Gasteiger partial charge in [-0.05, 0) is 155 Å². The summed E-state index contributed by atoms with van der Waals surface area (Å²) < 4.78 is 6.22. The number of benzene rings is 11. The summed E-state index contributed by atoms with van der Waals surface area (Å²) in [6.07, 6.45) is 0. The Balaban J connectivity index is 1.02. The molecule has 0 fully saturated rings. The minimum atomic E-state index is -0.450. The summed E-state index contributed by atoms with van der Waals surface area (Å²) in [6, 6.07) is 81.1. The van der Waals surface area contributed by atoms with Gasteiger partial charge in [0, 0.05) is 27.8 Å². The predicted octanol–water partition coefficient (Wildman–Crippen LogP) is 16.8. The summed E-state index contributed by atoms with van der Waals surface area (Å²) in [6.45, 7) is 2.26. The minimum absolute atomic E-state index is 0.450. The maximum absolute atomic E-state index is 6.22. The third kappa shape index (κ3) is 4.74. The highest BCUT2D eigenvalue weighted by molar-refractivity contribution is 6.26. The number of fused-ring (bicyclic) bond motifs is 19. The van der Waals surface area contributed by atoms with E-state index in [0.717, 1.165) is 39.0 Å². The van der Waals surface area contributed by atoms with Crippen molar-refractivity contribution >= 4 is 71.3 Å². The lowest BCUT2D eigenvalue weighted by Crippen LogP contribution is -2.26. The van der Waals surface area contributed by atoms with Gasteiger partial charge in [0.1, 0.15) is 11.2 Å². The van der Waals surface area contributed by atoms with Crippen LogP contribution in [-0.2, 0) is 5.41 Å². The van der Waals surface area contributed by atoms with Crippen molar-refractivity contribution < 1.29 is 4.42 Å². The molecule has 2 aliphatic rings. The quantitative estimate of drug-likeness (QED) is 0.165. The molecule has 0 N–H and O–H groups in total. The second-order valence-electron chi connectivity index (χ2n) is 17.6. The van der Waals surface area contributed by atoms with Crippen molar-refractivity contribution in [3.8, 4) is 33.4 Å². The van der Waals surface area contributed by atoms with Gasteiger partial charge >= 0.3 is 0 Å². The smallest absolute Gasteiger partial charge is 0.135 e. The van der Waals surface area contributed by atoms with Crippen LogP contribution in [0.3, 0.4) is 0 Å². The van der Waals surface area contributed by atoms with Crippen molar-refractivity contribution in [2.45, 2.75) is 12.3 Å². The zero-order chi connectivity index (χ0) is 42.1. The van der Waals surface area contributed by atoms with Crippen LogP contribution >= 0.6 is 0 Å². The average Bonchev–Trinajstić information content (AvgIpc) is 3.98. The molecule has 1 aromatic heterocycles. The first kappa shape index (κ1) is 35.4. The predicted molar refractivity (Wildman–Crippen MR) is 267 cm³/mol. The Labute approximate surface area is 370 Å². The number of furan rings is 1. The van der Waals surface area contributed by atoms with Crippen LogP contribution in [0.2, 0.25) is 0 Å². The van der Waals surface area contributed by atoms with E-state index in [4.69, 9.17) is 4.42 Å². The number of para-hydroxylation sites is 1. The second kappa shape index (κ2) is 13.2. The monoisotopic (exact) mass is 813 g/mol. The Hall–Kier alpha value is -8.20. The molecule has 11 aromatic carbocycles. The molecule has 0 unspecified atom stereocenters. The fourth-order valence-corrected chi connectivity index (χ4v) is 11.7. The average molecular weight is 814 g/mol. The second-order valence-corrected chi connectivity index (χ2v) is 17.6. The molecule has 298 valence electrons. The molecular weight excluding hydrogens is 775 g/mol. The Kier molecular flexibility index (Phi) is 7.28. The molecule has 0 saturated carbocycles. The van der Waals surface area contributed by atoms with Crippen LogP contribution in [0.5, 0.6) is 0 Å². The largest absolute Gasteiger partial charge is 0.456 e. The van der Waals surface area contributed by atoms with Crippen LogP contribution in [0.4, 0.5) is 17.1 Å². The highest BCUT2D eigenvalue weighted by Gasteiger charge is 2.51. The summed E-state index contributed by atoms with van der Waals surface area (Å²) in [5.41, 5.74) is 18.8. The van der Waals surface area contributed by atoms with Crippen LogP contribution in [0.15, 0.2) is 223 Å². The molecule has 2 heteroatoms. The van der Waals surface area contributed by atoms with Crippen LogP contribution < -0.4 is 4.90 Å². The summed E-state index contributed by atoms with van der Waals surface area (Å²) in [5.74, 6) is 0. The fourth-order valence-electron chi connectivity index (χ4n) is 11.7. The molecule has 1 heterocycles. The molecule has 0 atom stereocenters. The Morgan fingerprint density at radius 1 is 0.328 bits per heavy atom. The Bertz CT molecular complexity index is 3850. The van der Waals surface area contributed by atoms with Crippen LogP contribution in [0.1, 0.15) is 27.8 Å². The number of hydrogen-bond acceptors (Lipinski definition) is 2. The topological polar surface area (TPSA) is 16.4 Å². The molecule has 14 rings (SSSR count). The third-order valence-corrected chi connectivity index (χ3v) is 14.4. The maximum atomic E-state index is 6.22. The molecule has 0 bridgehead atoms. The molecule has 0 aliphatic heterocycles. The fraction of sp³-hybridized carbons (Fsp3) is 0.0323. The van der Waals surface area contributed by atoms with Crippen molar-refractivity contribution in [1.82, 2.24) is 0 Å². The Morgan fingerprint density at radius 3 is 1.44 bits per heavy atom. The Morgan fingerprint density at radius 2 is 0.797 bits per heavy atom. The molecular formula is C62H39NO. The minimum Gasteiger partial charge on any atom is -0.456 e. The van der Waals surface area contributed by atoms with Crippen LogP contribution in [0.25, 0.3) is 87.6 Å². The molecule has 0 radical (unpaired) electrons. The van der Waals surface area contributed by atoms with Crippen molar-refractivity contribution in [2.24, 2.45) is 0 Å². The lowest BCUT2D eigenvalue weighted by Gasteiger charge is -2.32. The van der Waals surface area contributed by atoms with Gasteiger partial charge < -0.3 is 9.32 Å². The standard InChI is InChI=1S/C62H39NO/c1-38-34-39(40-27-33-61-54(35-40)52-21-9-13-25-60(52)64-61)26-32-59(38)63(41-28-30-47-45-16-3-2-14-43(45)44-15-4-5-17-46(44)53(47)36-41)42-29-31-51-50-20-8-12-24-57(50)62(58(51)37-42)55-22-10-6-18-48(55)49-19-7-11-23-56(49)62/h2-37H,1H3. The first-order valence-electron chi connectivity index (χ1n) is 22.2. The number of hydrogen-bond donors (Lipinski definition) is 0. The summed E-state index contributed by atoms with van der Waals surface area (Å²) in [4.78, 5) is 2.50. The van der Waals surface area contributed by atoms with E-state index in [9.17, 15) is 0 Å². The lowest BCUT2D eigenvalue weighted by atomic mass is 9.70. The first-order chi connectivity index (χ1) is 31.6. The number of rotatable bonds is 4. The molecule has 0 amide bonds. The summed E-state index contributed by atoms with van der Waals surface area (Å²) in [7, 11) is 0. The third-order valence-electron chi connectivity index (χ3n) is 14.4. The highest BCUT2D eigenvalue weighted by Crippen LogP contribution is 2.63. The van der Waals surface area contributed by atoms with E-state index < -0.39 is 5.41 Å². The van der Waals surface area contributed by atoms with Crippen molar-refractivity contribution in [3.63, 3.8) is 0 Å². The van der Waals surface area contributed by atoms with Gasteiger partial charge in [-0.3, -0.25) is 0 Å². The van der Waals surface area contributed by atoms with E-state index >= 15 is 0 Å². The zero-order valence-electron chi connectivity index (χ0n) is 35.1. The molecule has 64 heavy (non-hydrogen) atoms. The van der Waals surface area contributed by atoms with E-state index in [2.05, 4.69) is 218 Å². The lowest BCUT2D eigenvalue weighted by molar-refractivity contribution is 0.669. The number of anilines is 3. The van der Waals surface area contributed by atoms with Gasteiger partial charge in [-0.1, -0.05) is 164 Å². The van der Waals surface area contributed by atoms with E-state index in [-0.39, 0.29) is 0 Å². The normalized spacial score (nSPS) is 13.2. The van der Waals surface area contributed by atoms with Gasteiger partial charge in [0.15, 0.2) is 0 Å². The van der Waals surface area contributed by atoms with Crippen LogP contribution in [0, 0.1) is 6.92 Å². The molecule has 2 nitrogen and oxygen atoms in total. The van der Waals surface area contributed by atoms with Gasteiger partial charge in [0.25, 0.3) is 0 Å². The van der Waals surface area contributed by atoms with Gasteiger partial charge in [-0.25, -0.2) is 0 Å². The van der Waals surface area contributed by atoms with E-state index in [0.29, 0.717) is 0 Å². The van der Waals surface area contributed by atoms with E-state index in [1.807, 2.05) is 12.1 Å². The maximum Gasteiger partial charge on any atom is 0.135 e. The van der Waals surface area contributed by atoms with E-state index in [1.165, 1.54) is 93.5 Å². The van der Waals surface area contributed by atoms with E-state index in [1.54, 1.807) is 0 Å². The molecule has 0 saturated heterocycles. The number of aryl methyl sites for hydroxylation is 1. The summed E-state index contributed by atoms with van der Waals surface area (Å²) >= 11 is 0. The molecule has 1 spiro atoms. The van der Waals surface area contributed by atoms with Crippen molar-refractivity contribution in [1.29, 1.82) is 0 Å². The van der Waals surface area contributed by atoms with Crippen molar-refractivity contribution in [2.75, 3.05) is 4.90 Å². The van der Waals surface area contributed by atoms with Crippen molar-refractivity contribution in [3.05, 3.63) is 246 Å². The van der Waals surface area contributed by atoms with Gasteiger partial charge in [0.05, 0.1) is 5.41 Å². The highest BCUT2D eigenvalue weighted by atomic mass is 16.3. The molecule has 2 aliphatic carbocycles. The first-order valence-corrected chi connectivity index (χ1v) is 22.2. The SMILES string of the molecule is Cc1cc(-c2ccc3oc4ccccc4c3c2)ccc1N(c1ccc2c(c1)C1(c3ccccc3-c3ccccc31)c1ccccc1-2)c1ccc2c3ccccc3c3ccccc3c2c1. The van der Waals surface area contributed by atoms with Gasteiger partial charge in [0.2, 0.25) is 0 Å². The number of nitrogens with zero attached hydrogens (tertiary/aromatic N) is 1. The van der Waals surface area contributed by atoms with Gasteiger partial charge in [-0.15, -0.1) is 0 Å². The summed E-state index contributed by atoms with van der Waals surface area (Å²) in [5, 5.41) is 9.86. The zero-order valence-corrected chi connectivity index (χ0v) is 35.1.